The zero-order valence-corrected chi connectivity index (χ0v) is 23.1. The van der Waals surface area contributed by atoms with Gasteiger partial charge in [0.25, 0.3) is 0 Å². The minimum Gasteiger partial charge on any atom is -0.507 e. The summed E-state index contributed by atoms with van der Waals surface area (Å²) in [5, 5.41) is 94.1. The zero-order chi connectivity index (χ0) is 31.9. The topological polar surface area (TPSA) is 261 Å². The molecule has 44 heavy (non-hydrogen) atoms. The van der Waals surface area contributed by atoms with Gasteiger partial charge in [-0.15, -0.1) is 0 Å². The first-order valence-corrected chi connectivity index (χ1v) is 13.5. The molecule has 16 nitrogen and oxygen atoms in total. The van der Waals surface area contributed by atoms with Crippen molar-refractivity contribution in [3.8, 4) is 34.3 Å². The monoisotopic (exact) mass is 623 g/mol. The fraction of sp³-hybridized carbons (Fsp3) is 0.464. The van der Waals surface area contributed by atoms with Gasteiger partial charge >= 0.3 is 0 Å². The maximum atomic E-state index is 12.8. The minimum atomic E-state index is -1.78. The van der Waals surface area contributed by atoms with Crippen LogP contribution in [0.1, 0.15) is 0 Å². The Morgan fingerprint density at radius 3 is 2.23 bits per heavy atom. The molecular weight excluding hydrogens is 590 g/mol. The summed E-state index contributed by atoms with van der Waals surface area (Å²) in [5.41, 5.74) is -0.326. The minimum absolute atomic E-state index is 0.0733. The molecule has 5 rings (SSSR count). The quantitative estimate of drug-likeness (QED) is 0.124. The maximum Gasteiger partial charge on any atom is 0.229 e. The lowest BCUT2D eigenvalue weighted by atomic mass is 9.97. The first-order valence-electron chi connectivity index (χ1n) is 13.5. The highest BCUT2D eigenvalue weighted by Crippen LogP contribution is 2.35. The molecule has 1 aromatic heterocycles. The van der Waals surface area contributed by atoms with E-state index in [2.05, 4.69) is 5.32 Å². The third kappa shape index (κ3) is 6.04. The molecule has 0 unspecified atom stereocenters. The van der Waals surface area contributed by atoms with Gasteiger partial charge in [-0.05, 0) is 18.2 Å². The van der Waals surface area contributed by atoms with Crippen molar-refractivity contribution in [2.45, 2.75) is 61.3 Å². The number of aliphatic hydroxyl groups excluding tert-OH is 7. The highest BCUT2D eigenvalue weighted by atomic mass is 16.7. The standard InChI is InChI=1S/C28H33NO15/c1-40-16-4-10(2-3-12(16)31)15-7-14(33)20-13(32)5-11(6-17(20)42-15)41-28-26(39)24(37)21(34)18(44-28)8-29-27-25(38)23(36)22(35)19(9-30)43-27/h2-7,18-19,21-32,34-39H,8-9H2,1H3/t18-,19-,21-,22-,23+,24+,25-,26-,27-,28-/m1/s1. The molecule has 0 aliphatic carbocycles. The fourth-order valence-electron chi connectivity index (χ4n) is 5.10. The number of aliphatic hydroxyl groups is 7. The van der Waals surface area contributed by atoms with Gasteiger partial charge in [-0.1, -0.05) is 0 Å². The van der Waals surface area contributed by atoms with Crippen LogP contribution in [0.3, 0.4) is 0 Å². The van der Waals surface area contributed by atoms with E-state index in [1.807, 2.05) is 0 Å². The van der Waals surface area contributed by atoms with Crippen LogP contribution in [0.4, 0.5) is 0 Å². The Morgan fingerprint density at radius 1 is 0.818 bits per heavy atom. The van der Waals surface area contributed by atoms with Crippen molar-refractivity contribution < 1.29 is 69.3 Å². The van der Waals surface area contributed by atoms with E-state index in [9.17, 15) is 50.8 Å². The number of nitrogens with one attached hydrogen (secondary N) is 1. The van der Waals surface area contributed by atoms with Gasteiger partial charge in [0.15, 0.2) is 16.9 Å². The number of fused-ring (bicyclic) bond motifs is 1. The average Bonchev–Trinajstić information content (AvgIpc) is 3.00. The van der Waals surface area contributed by atoms with Crippen molar-refractivity contribution in [3.63, 3.8) is 0 Å². The number of benzene rings is 2. The molecule has 0 saturated carbocycles. The average molecular weight is 624 g/mol. The lowest BCUT2D eigenvalue weighted by Gasteiger charge is -2.43. The largest absolute Gasteiger partial charge is 0.507 e. The molecule has 2 aromatic carbocycles. The molecule has 0 bridgehead atoms. The van der Waals surface area contributed by atoms with Gasteiger partial charge in [-0.25, -0.2) is 0 Å². The number of hydrogen-bond acceptors (Lipinski definition) is 16. The van der Waals surface area contributed by atoms with Crippen LogP contribution in [0.25, 0.3) is 22.3 Å². The van der Waals surface area contributed by atoms with Crippen LogP contribution in [0.5, 0.6) is 23.0 Å². The molecule has 10 atom stereocenters. The molecule has 3 aromatic rings. The number of hydrogen-bond donors (Lipinski definition) is 10. The summed E-state index contributed by atoms with van der Waals surface area (Å²) >= 11 is 0. The van der Waals surface area contributed by atoms with Crippen LogP contribution < -0.4 is 20.2 Å². The van der Waals surface area contributed by atoms with E-state index in [0.717, 1.165) is 12.1 Å². The molecule has 240 valence electrons. The Bertz CT molecular complexity index is 1530. The number of aromatic hydroxyl groups is 2. The first-order chi connectivity index (χ1) is 20.9. The van der Waals surface area contributed by atoms with Crippen LogP contribution in [0.2, 0.25) is 0 Å². The summed E-state index contributed by atoms with van der Waals surface area (Å²) in [5.74, 6) is -0.596. The van der Waals surface area contributed by atoms with E-state index in [-0.39, 0.29) is 40.5 Å². The van der Waals surface area contributed by atoms with E-state index in [4.69, 9.17) is 23.4 Å². The Morgan fingerprint density at radius 2 is 1.52 bits per heavy atom. The van der Waals surface area contributed by atoms with Gasteiger partial charge in [0.2, 0.25) is 6.29 Å². The second-order valence-corrected chi connectivity index (χ2v) is 10.5. The first kappa shape index (κ1) is 31.9. The molecular formula is C28H33NO15. The molecule has 2 aliphatic rings. The number of rotatable bonds is 8. The van der Waals surface area contributed by atoms with Crippen molar-refractivity contribution >= 4 is 11.0 Å². The van der Waals surface area contributed by atoms with E-state index < -0.39 is 79.1 Å². The van der Waals surface area contributed by atoms with Gasteiger partial charge in [-0.2, -0.15) is 0 Å². The van der Waals surface area contributed by atoms with E-state index in [0.29, 0.717) is 5.56 Å². The second-order valence-electron chi connectivity index (χ2n) is 10.5. The van der Waals surface area contributed by atoms with Crippen molar-refractivity contribution in [3.05, 3.63) is 46.6 Å². The van der Waals surface area contributed by atoms with Gasteiger partial charge in [0.1, 0.15) is 83.3 Å². The van der Waals surface area contributed by atoms with Crippen molar-refractivity contribution in [1.82, 2.24) is 5.32 Å². The smallest absolute Gasteiger partial charge is 0.229 e. The number of ether oxygens (including phenoxy) is 4. The third-order valence-electron chi connectivity index (χ3n) is 7.58. The third-order valence-corrected chi connectivity index (χ3v) is 7.58. The number of phenolic OH excluding ortho intramolecular Hbond substituents is 2. The van der Waals surface area contributed by atoms with E-state index in [1.165, 1.54) is 31.4 Å². The van der Waals surface area contributed by atoms with Crippen LogP contribution in [-0.2, 0) is 9.47 Å². The van der Waals surface area contributed by atoms with E-state index in [1.54, 1.807) is 0 Å². The Kier molecular flexibility index (Phi) is 9.28. The molecule has 0 amide bonds. The Hall–Kier alpha value is -3.55. The van der Waals surface area contributed by atoms with Crippen LogP contribution in [0.15, 0.2) is 45.6 Å². The van der Waals surface area contributed by atoms with Crippen molar-refractivity contribution in [2.24, 2.45) is 0 Å². The van der Waals surface area contributed by atoms with E-state index >= 15 is 0 Å². The summed E-state index contributed by atoms with van der Waals surface area (Å²) in [6.45, 7) is -0.985. The van der Waals surface area contributed by atoms with Gasteiger partial charge in [0.05, 0.1) is 13.7 Å². The van der Waals surface area contributed by atoms with Gasteiger partial charge in [0, 0.05) is 30.3 Å². The molecule has 2 fully saturated rings. The van der Waals surface area contributed by atoms with Crippen molar-refractivity contribution in [1.29, 1.82) is 0 Å². The molecule has 2 aliphatic heterocycles. The molecule has 10 N–H and O–H groups in total. The Labute approximate surface area is 248 Å². The summed E-state index contributed by atoms with van der Waals surface area (Å²) in [4.78, 5) is 12.8. The zero-order valence-electron chi connectivity index (χ0n) is 23.1. The van der Waals surface area contributed by atoms with Crippen LogP contribution >= 0.6 is 0 Å². The summed E-state index contributed by atoms with van der Waals surface area (Å²) in [6.07, 6.45) is -15.5. The van der Waals surface area contributed by atoms with Gasteiger partial charge in [-0.3, -0.25) is 10.1 Å². The molecule has 2 saturated heterocycles. The number of phenols is 2. The molecule has 3 heterocycles. The van der Waals surface area contributed by atoms with Crippen molar-refractivity contribution in [2.75, 3.05) is 20.3 Å². The predicted molar refractivity (Wildman–Crippen MR) is 147 cm³/mol. The molecule has 0 radical (unpaired) electrons. The summed E-state index contributed by atoms with van der Waals surface area (Å²) < 4.78 is 27.7. The van der Waals surface area contributed by atoms with Gasteiger partial charge < -0.3 is 69.3 Å². The predicted octanol–water partition coefficient (Wildman–Crippen LogP) is -2.54. The summed E-state index contributed by atoms with van der Waals surface area (Å²) in [6, 6.07) is 7.73. The van der Waals surface area contributed by atoms with Crippen LogP contribution in [-0.4, -0.2) is 128 Å². The lowest BCUT2D eigenvalue weighted by molar-refractivity contribution is -0.275. The second kappa shape index (κ2) is 12.8. The lowest BCUT2D eigenvalue weighted by Crippen LogP contribution is -2.65. The van der Waals surface area contributed by atoms with Crippen LogP contribution in [0, 0.1) is 0 Å². The SMILES string of the molecule is COc1cc(-c2cc(=O)c3c(O)cc(O[C@@H]4O[C@H](CN[C@@H]5O[C@H](CO)[C@@H](O)[C@H](O)[C@H]5O)[C@@H](O)[C@H](O)[C@H]4O)cc3o2)ccc1O. The Balaban J connectivity index is 1.36. The number of methoxy groups -OCH3 is 1. The molecule has 0 spiro atoms. The maximum absolute atomic E-state index is 12.8. The highest BCUT2D eigenvalue weighted by Gasteiger charge is 2.47. The summed E-state index contributed by atoms with van der Waals surface area (Å²) in [7, 11) is 1.35. The normalized spacial score (nSPS) is 32.5. The fourth-order valence-corrected chi connectivity index (χ4v) is 5.10. The molecule has 16 heteroatoms. The highest BCUT2D eigenvalue weighted by molar-refractivity contribution is 5.86.